The minimum Gasteiger partial charge on any atom is -0.465 e. The summed E-state index contributed by atoms with van der Waals surface area (Å²) in [7, 11) is 3.17. The molecule has 2 aromatic heterocycles. The number of carbonyl (C=O) groups is 1. The summed E-state index contributed by atoms with van der Waals surface area (Å²) in [6, 6.07) is 8.77. The quantitative estimate of drug-likeness (QED) is 0.569. The first-order chi connectivity index (χ1) is 12.0. The van der Waals surface area contributed by atoms with Gasteiger partial charge in [-0.3, -0.25) is 0 Å². The van der Waals surface area contributed by atoms with Crippen molar-refractivity contribution in [1.82, 2.24) is 20.0 Å². The molecule has 0 aliphatic heterocycles. The van der Waals surface area contributed by atoms with Crippen LogP contribution in [0.5, 0.6) is 0 Å². The Bertz CT molecular complexity index is 902. The molecule has 0 fully saturated rings. The molecule has 7 nitrogen and oxygen atoms in total. The van der Waals surface area contributed by atoms with E-state index in [0.29, 0.717) is 16.4 Å². The lowest BCUT2D eigenvalue weighted by atomic mass is 10.1. The van der Waals surface area contributed by atoms with Crippen molar-refractivity contribution < 1.29 is 9.53 Å². The first-order valence-corrected chi connectivity index (χ1v) is 7.85. The van der Waals surface area contributed by atoms with E-state index in [9.17, 15) is 4.79 Å². The van der Waals surface area contributed by atoms with Gasteiger partial charge in [0, 0.05) is 24.5 Å². The second-order valence-corrected chi connectivity index (χ2v) is 5.76. The number of hydrogen-bond donors (Lipinski definition) is 1. The van der Waals surface area contributed by atoms with E-state index < -0.39 is 0 Å². The average molecular weight is 358 g/mol. The zero-order valence-corrected chi connectivity index (χ0v) is 14.7. The molecule has 0 atom stereocenters. The Labute approximate surface area is 149 Å². The van der Waals surface area contributed by atoms with Gasteiger partial charge < -0.3 is 10.1 Å². The molecule has 1 aromatic carbocycles. The second kappa shape index (κ2) is 6.90. The lowest BCUT2D eigenvalue weighted by Crippen LogP contribution is -2.01. The van der Waals surface area contributed by atoms with E-state index in [4.69, 9.17) is 11.6 Å². The standard InChI is InChI=1S/C17H16ClN5O2/c1-10-15(23(2)22-21-10)12-8-14(16(18)19-9-12)20-13-6-4-11(5-7-13)17(24)25-3/h4-9,20H,1-3H3. The molecule has 0 radical (unpaired) electrons. The van der Waals surface area contributed by atoms with Crippen LogP contribution < -0.4 is 5.32 Å². The van der Waals surface area contributed by atoms with Crippen LogP contribution in [-0.4, -0.2) is 33.1 Å². The number of halogens is 1. The van der Waals surface area contributed by atoms with Crippen LogP contribution in [0, 0.1) is 6.92 Å². The maximum atomic E-state index is 11.5. The molecular formula is C17H16ClN5O2. The molecule has 0 aliphatic rings. The number of carbonyl (C=O) groups excluding carboxylic acids is 1. The number of nitrogens with one attached hydrogen (secondary N) is 1. The normalized spacial score (nSPS) is 10.6. The third-order valence-corrected chi connectivity index (χ3v) is 3.99. The fraction of sp³-hybridized carbons (Fsp3) is 0.176. The summed E-state index contributed by atoms with van der Waals surface area (Å²) in [6.07, 6.45) is 1.68. The zero-order chi connectivity index (χ0) is 18.0. The van der Waals surface area contributed by atoms with Gasteiger partial charge in [0.25, 0.3) is 0 Å². The Kier molecular flexibility index (Phi) is 4.67. The molecule has 1 N–H and O–H groups in total. The van der Waals surface area contributed by atoms with Gasteiger partial charge in [-0.15, -0.1) is 5.10 Å². The Morgan fingerprint density at radius 3 is 2.60 bits per heavy atom. The predicted octanol–water partition coefficient (Wildman–Crippen LogP) is 3.37. The van der Waals surface area contributed by atoms with Crippen LogP contribution in [0.15, 0.2) is 36.5 Å². The molecule has 25 heavy (non-hydrogen) atoms. The molecule has 0 amide bonds. The lowest BCUT2D eigenvalue weighted by Gasteiger charge is -2.11. The smallest absolute Gasteiger partial charge is 0.337 e. The number of aryl methyl sites for hydroxylation is 2. The maximum absolute atomic E-state index is 11.5. The van der Waals surface area contributed by atoms with Gasteiger partial charge in [0.1, 0.15) is 0 Å². The summed E-state index contributed by atoms with van der Waals surface area (Å²) in [5, 5.41) is 11.6. The summed E-state index contributed by atoms with van der Waals surface area (Å²) in [4.78, 5) is 15.7. The molecule has 0 aliphatic carbocycles. The monoisotopic (exact) mass is 357 g/mol. The Hall–Kier alpha value is -2.93. The van der Waals surface area contributed by atoms with Crippen LogP contribution in [0.1, 0.15) is 16.1 Å². The van der Waals surface area contributed by atoms with Crippen molar-refractivity contribution >= 4 is 28.9 Å². The number of esters is 1. The summed E-state index contributed by atoms with van der Waals surface area (Å²) < 4.78 is 6.38. The third-order valence-electron chi connectivity index (χ3n) is 3.69. The van der Waals surface area contributed by atoms with Crippen LogP contribution in [0.2, 0.25) is 5.15 Å². The van der Waals surface area contributed by atoms with E-state index in [1.807, 2.05) is 20.0 Å². The first kappa shape index (κ1) is 16.9. The van der Waals surface area contributed by atoms with E-state index in [1.165, 1.54) is 7.11 Å². The predicted molar refractivity (Wildman–Crippen MR) is 95.0 cm³/mol. The van der Waals surface area contributed by atoms with E-state index in [-0.39, 0.29) is 5.97 Å². The van der Waals surface area contributed by atoms with E-state index >= 15 is 0 Å². The fourth-order valence-electron chi connectivity index (χ4n) is 2.48. The molecule has 8 heteroatoms. The molecule has 0 bridgehead atoms. The largest absolute Gasteiger partial charge is 0.465 e. The van der Waals surface area contributed by atoms with Gasteiger partial charge in [0.2, 0.25) is 0 Å². The minimum absolute atomic E-state index is 0.341. The second-order valence-electron chi connectivity index (χ2n) is 5.40. The number of benzene rings is 1. The number of nitrogens with zero attached hydrogens (tertiary/aromatic N) is 4. The van der Waals surface area contributed by atoms with Crippen LogP contribution in [0.4, 0.5) is 11.4 Å². The zero-order valence-electron chi connectivity index (χ0n) is 13.9. The maximum Gasteiger partial charge on any atom is 0.337 e. The van der Waals surface area contributed by atoms with Crippen molar-refractivity contribution in [2.45, 2.75) is 6.92 Å². The van der Waals surface area contributed by atoms with Crippen LogP contribution in [0.3, 0.4) is 0 Å². The topological polar surface area (TPSA) is 81.9 Å². The number of rotatable bonds is 4. The van der Waals surface area contributed by atoms with Crippen molar-refractivity contribution in [2.24, 2.45) is 7.05 Å². The number of pyridine rings is 1. The van der Waals surface area contributed by atoms with Crippen LogP contribution >= 0.6 is 11.6 Å². The van der Waals surface area contributed by atoms with Crippen molar-refractivity contribution in [1.29, 1.82) is 0 Å². The van der Waals surface area contributed by atoms with Gasteiger partial charge >= 0.3 is 5.97 Å². The lowest BCUT2D eigenvalue weighted by molar-refractivity contribution is 0.0601. The molecule has 0 unspecified atom stereocenters. The number of methoxy groups -OCH3 is 1. The minimum atomic E-state index is -0.382. The van der Waals surface area contributed by atoms with Gasteiger partial charge in [-0.25, -0.2) is 14.5 Å². The highest BCUT2D eigenvalue weighted by Gasteiger charge is 2.13. The first-order valence-electron chi connectivity index (χ1n) is 7.47. The molecule has 3 rings (SSSR count). The molecule has 2 heterocycles. The average Bonchev–Trinajstić information content (AvgIpc) is 2.95. The summed E-state index contributed by atoms with van der Waals surface area (Å²) in [5.41, 5.74) is 4.41. The Balaban J connectivity index is 1.90. The molecule has 3 aromatic rings. The number of ether oxygens (including phenoxy) is 1. The Morgan fingerprint density at radius 1 is 1.28 bits per heavy atom. The molecular weight excluding hydrogens is 342 g/mol. The van der Waals surface area contributed by atoms with Crippen LogP contribution in [0.25, 0.3) is 11.3 Å². The number of aromatic nitrogens is 4. The third kappa shape index (κ3) is 3.46. The summed E-state index contributed by atoms with van der Waals surface area (Å²) >= 11 is 6.21. The summed E-state index contributed by atoms with van der Waals surface area (Å²) in [6.45, 7) is 1.88. The van der Waals surface area contributed by atoms with Crippen LogP contribution in [-0.2, 0) is 11.8 Å². The van der Waals surface area contributed by atoms with E-state index in [1.54, 1.807) is 35.1 Å². The SMILES string of the molecule is COC(=O)c1ccc(Nc2cc(-c3c(C)nnn3C)cnc2Cl)cc1. The van der Waals surface area contributed by atoms with Gasteiger partial charge in [-0.05, 0) is 37.3 Å². The van der Waals surface area contributed by atoms with Gasteiger partial charge in [-0.1, -0.05) is 16.8 Å². The van der Waals surface area contributed by atoms with E-state index in [2.05, 4.69) is 25.3 Å². The fourth-order valence-corrected chi connectivity index (χ4v) is 2.63. The highest BCUT2D eigenvalue weighted by atomic mass is 35.5. The highest BCUT2D eigenvalue weighted by Crippen LogP contribution is 2.29. The van der Waals surface area contributed by atoms with Crippen molar-refractivity contribution in [2.75, 3.05) is 12.4 Å². The molecule has 0 saturated carbocycles. The van der Waals surface area contributed by atoms with Crippen molar-refractivity contribution in [3.8, 4) is 11.3 Å². The summed E-state index contributed by atoms with van der Waals surface area (Å²) in [5.74, 6) is -0.382. The molecule has 0 spiro atoms. The number of anilines is 2. The van der Waals surface area contributed by atoms with Gasteiger partial charge in [0.15, 0.2) is 5.15 Å². The van der Waals surface area contributed by atoms with Gasteiger partial charge in [-0.2, -0.15) is 0 Å². The molecule has 0 saturated heterocycles. The van der Waals surface area contributed by atoms with Gasteiger partial charge in [0.05, 0.1) is 29.7 Å². The Morgan fingerprint density at radius 2 is 2.00 bits per heavy atom. The van der Waals surface area contributed by atoms with Crippen molar-refractivity contribution in [3.05, 3.63) is 52.9 Å². The van der Waals surface area contributed by atoms with Crippen molar-refractivity contribution in [3.63, 3.8) is 0 Å². The van der Waals surface area contributed by atoms with E-state index in [0.717, 1.165) is 22.6 Å². The number of hydrogen-bond acceptors (Lipinski definition) is 6. The molecule has 128 valence electrons. The highest BCUT2D eigenvalue weighted by molar-refractivity contribution is 6.32.